The molecule has 1 N–H and O–H groups in total. The summed E-state index contributed by atoms with van der Waals surface area (Å²) in [7, 11) is 0. The van der Waals surface area contributed by atoms with Gasteiger partial charge in [-0.1, -0.05) is 38.2 Å². The first-order chi connectivity index (χ1) is 9.28. The van der Waals surface area contributed by atoms with Crippen molar-refractivity contribution >= 4 is 23.4 Å². The van der Waals surface area contributed by atoms with Crippen LogP contribution in [0, 0.1) is 5.92 Å². The predicted octanol–water partition coefficient (Wildman–Crippen LogP) is 4.71. The number of thioether (sulfide) groups is 1. The van der Waals surface area contributed by atoms with Gasteiger partial charge in [0, 0.05) is 17.0 Å². The van der Waals surface area contributed by atoms with E-state index in [1.54, 1.807) is 11.8 Å². The first-order valence-electron chi connectivity index (χ1n) is 7.22. The van der Waals surface area contributed by atoms with Crippen molar-refractivity contribution in [2.45, 2.75) is 49.8 Å². The van der Waals surface area contributed by atoms with Crippen LogP contribution in [0.4, 0.5) is 5.69 Å². The van der Waals surface area contributed by atoms with Gasteiger partial charge in [0.1, 0.15) is 0 Å². The summed E-state index contributed by atoms with van der Waals surface area (Å²) in [5, 5.41) is 3.00. The van der Waals surface area contributed by atoms with Crippen LogP contribution >= 0.6 is 11.8 Å². The molecule has 1 aliphatic rings. The lowest BCUT2D eigenvalue weighted by molar-refractivity contribution is -0.116. The summed E-state index contributed by atoms with van der Waals surface area (Å²) in [5.74, 6) is 0.931. The van der Waals surface area contributed by atoms with Gasteiger partial charge in [-0.15, -0.1) is 11.8 Å². The first-order valence-corrected chi connectivity index (χ1v) is 8.44. The Morgan fingerprint density at radius 3 is 2.84 bits per heavy atom. The molecular formula is C16H23NOS. The van der Waals surface area contributed by atoms with Crippen molar-refractivity contribution in [2.24, 2.45) is 5.92 Å². The third-order valence-electron chi connectivity index (χ3n) is 3.86. The maximum absolute atomic E-state index is 11.9. The van der Waals surface area contributed by atoms with E-state index in [4.69, 9.17) is 0 Å². The van der Waals surface area contributed by atoms with E-state index in [-0.39, 0.29) is 5.91 Å². The van der Waals surface area contributed by atoms with E-state index in [1.807, 2.05) is 24.5 Å². The molecule has 0 atom stereocenters. The van der Waals surface area contributed by atoms with E-state index < -0.39 is 0 Å². The largest absolute Gasteiger partial charge is 0.326 e. The molecule has 1 saturated carbocycles. The quantitative estimate of drug-likeness (QED) is 0.790. The van der Waals surface area contributed by atoms with E-state index >= 15 is 0 Å². The van der Waals surface area contributed by atoms with Gasteiger partial charge in [0.2, 0.25) is 5.91 Å². The van der Waals surface area contributed by atoms with Gasteiger partial charge < -0.3 is 5.32 Å². The second kappa shape index (κ2) is 7.59. The van der Waals surface area contributed by atoms with Gasteiger partial charge in [-0.2, -0.15) is 0 Å². The summed E-state index contributed by atoms with van der Waals surface area (Å²) < 4.78 is 0. The Balaban J connectivity index is 1.76. The van der Waals surface area contributed by atoms with Crippen LogP contribution < -0.4 is 5.32 Å². The number of hydrogen-bond donors (Lipinski definition) is 1. The predicted molar refractivity (Wildman–Crippen MR) is 82.7 cm³/mol. The number of nitrogens with one attached hydrogen (secondary N) is 1. The molecule has 0 aromatic heterocycles. The standard InChI is InChI=1S/C16H23NOS/c1-19-15-9-5-8-14(12-15)17-16(18)11-10-13-6-3-2-4-7-13/h5,8-9,12-13H,2-4,6-7,10-11H2,1H3,(H,17,18). The molecule has 1 amide bonds. The van der Waals surface area contributed by atoms with Crippen LogP contribution in [0.2, 0.25) is 0 Å². The fourth-order valence-electron chi connectivity index (χ4n) is 2.74. The average molecular weight is 277 g/mol. The molecule has 0 heterocycles. The molecule has 0 saturated heterocycles. The third-order valence-corrected chi connectivity index (χ3v) is 4.58. The monoisotopic (exact) mass is 277 g/mol. The summed E-state index contributed by atoms with van der Waals surface area (Å²) in [4.78, 5) is 13.1. The van der Waals surface area contributed by atoms with Gasteiger partial charge >= 0.3 is 0 Å². The Morgan fingerprint density at radius 2 is 2.11 bits per heavy atom. The first kappa shape index (κ1) is 14.4. The van der Waals surface area contributed by atoms with Crippen LogP contribution in [0.3, 0.4) is 0 Å². The van der Waals surface area contributed by atoms with Crippen LogP contribution in [0.25, 0.3) is 0 Å². The molecule has 2 rings (SSSR count). The Kier molecular flexibility index (Phi) is 5.77. The molecule has 0 unspecified atom stereocenters. The normalized spacial score (nSPS) is 16.3. The maximum atomic E-state index is 11.9. The van der Waals surface area contributed by atoms with Crippen molar-refractivity contribution in [3.8, 4) is 0 Å². The van der Waals surface area contributed by atoms with Crippen LogP contribution in [-0.2, 0) is 4.79 Å². The Labute approximate surface area is 120 Å². The van der Waals surface area contributed by atoms with Crippen LogP contribution in [0.1, 0.15) is 44.9 Å². The van der Waals surface area contributed by atoms with E-state index in [2.05, 4.69) is 11.4 Å². The minimum absolute atomic E-state index is 0.156. The SMILES string of the molecule is CSc1cccc(NC(=O)CCC2CCCCC2)c1. The van der Waals surface area contributed by atoms with Crippen molar-refractivity contribution in [2.75, 3.05) is 11.6 Å². The minimum atomic E-state index is 0.156. The van der Waals surface area contributed by atoms with Crippen molar-refractivity contribution in [1.82, 2.24) is 0 Å². The number of carbonyl (C=O) groups is 1. The number of hydrogen-bond acceptors (Lipinski definition) is 2. The fraction of sp³-hybridized carbons (Fsp3) is 0.562. The summed E-state index contributed by atoms with van der Waals surface area (Å²) in [6, 6.07) is 8.03. The molecule has 1 aromatic rings. The number of carbonyl (C=O) groups excluding carboxylic acids is 1. The summed E-state index contributed by atoms with van der Waals surface area (Å²) >= 11 is 1.69. The molecule has 1 aliphatic carbocycles. The smallest absolute Gasteiger partial charge is 0.224 e. The Bertz CT molecular complexity index is 413. The van der Waals surface area contributed by atoms with E-state index in [0.29, 0.717) is 6.42 Å². The van der Waals surface area contributed by atoms with Crippen molar-refractivity contribution in [3.63, 3.8) is 0 Å². The third kappa shape index (κ3) is 4.90. The van der Waals surface area contributed by atoms with Crippen LogP contribution in [0.5, 0.6) is 0 Å². The summed E-state index contributed by atoms with van der Waals surface area (Å²) in [6.45, 7) is 0. The molecular weight excluding hydrogens is 254 g/mol. The second-order valence-electron chi connectivity index (χ2n) is 5.32. The lowest BCUT2D eigenvalue weighted by Crippen LogP contribution is -2.14. The minimum Gasteiger partial charge on any atom is -0.326 e. The molecule has 0 aliphatic heterocycles. The number of anilines is 1. The summed E-state index contributed by atoms with van der Waals surface area (Å²) in [6.07, 6.45) is 10.5. The van der Waals surface area contributed by atoms with Crippen LogP contribution in [-0.4, -0.2) is 12.2 Å². The van der Waals surface area contributed by atoms with Gasteiger partial charge in [0.15, 0.2) is 0 Å². The molecule has 3 heteroatoms. The molecule has 0 radical (unpaired) electrons. The highest BCUT2D eigenvalue weighted by atomic mass is 32.2. The number of amides is 1. The Morgan fingerprint density at radius 1 is 1.32 bits per heavy atom. The highest BCUT2D eigenvalue weighted by Gasteiger charge is 2.14. The highest BCUT2D eigenvalue weighted by Crippen LogP contribution is 2.27. The second-order valence-corrected chi connectivity index (χ2v) is 6.20. The fourth-order valence-corrected chi connectivity index (χ4v) is 3.19. The molecule has 19 heavy (non-hydrogen) atoms. The molecule has 0 bridgehead atoms. The van der Waals surface area contributed by atoms with Crippen molar-refractivity contribution in [1.29, 1.82) is 0 Å². The lowest BCUT2D eigenvalue weighted by atomic mass is 9.86. The van der Waals surface area contributed by atoms with Crippen molar-refractivity contribution < 1.29 is 4.79 Å². The van der Waals surface area contributed by atoms with Gasteiger partial charge in [-0.3, -0.25) is 4.79 Å². The van der Waals surface area contributed by atoms with Crippen LogP contribution in [0.15, 0.2) is 29.2 Å². The zero-order valence-electron chi connectivity index (χ0n) is 11.7. The van der Waals surface area contributed by atoms with Gasteiger partial charge in [0.05, 0.1) is 0 Å². The van der Waals surface area contributed by atoms with Crippen molar-refractivity contribution in [3.05, 3.63) is 24.3 Å². The van der Waals surface area contributed by atoms with Gasteiger partial charge in [0.25, 0.3) is 0 Å². The molecule has 1 aromatic carbocycles. The summed E-state index contributed by atoms with van der Waals surface area (Å²) in [5.41, 5.74) is 0.917. The Hall–Kier alpha value is -0.960. The topological polar surface area (TPSA) is 29.1 Å². The van der Waals surface area contributed by atoms with Gasteiger partial charge in [-0.05, 0) is 36.8 Å². The molecule has 1 fully saturated rings. The zero-order chi connectivity index (χ0) is 13.5. The highest BCUT2D eigenvalue weighted by molar-refractivity contribution is 7.98. The van der Waals surface area contributed by atoms with E-state index in [0.717, 1.165) is 18.0 Å². The maximum Gasteiger partial charge on any atom is 0.224 e. The molecule has 2 nitrogen and oxygen atoms in total. The zero-order valence-corrected chi connectivity index (χ0v) is 12.5. The molecule has 104 valence electrons. The van der Waals surface area contributed by atoms with Gasteiger partial charge in [-0.25, -0.2) is 0 Å². The number of benzene rings is 1. The van der Waals surface area contributed by atoms with E-state index in [1.165, 1.54) is 37.0 Å². The lowest BCUT2D eigenvalue weighted by Gasteiger charge is -2.21. The number of rotatable bonds is 5. The molecule has 0 spiro atoms. The average Bonchev–Trinajstić information content (AvgIpc) is 2.46. The van der Waals surface area contributed by atoms with E-state index in [9.17, 15) is 4.79 Å².